The molecular weight excluding hydrogens is 283 g/mol. The molecule has 1 heterocycles. The molecule has 0 fully saturated rings. The van der Waals surface area contributed by atoms with Gasteiger partial charge in [0.15, 0.2) is 0 Å². The Labute approximate surface area is 106 Å². The predicted molar refractivity (Wildman–Crippen MR) is 62.6 cm³/mol. The first-order valence-electron chi connectivity index (χ1n) is 5.24. The van der Waals surface area contributed by atoms with Gasteiger partial charge in [-0.05, 0) is 19.1 Å². The molecule has 5 nitrogen and oxygen atoms in total. The minimum Gasteiger partial charge on any atom is -0.341 e. The Hall–Kier alpha value is -1.61. The number of hydrogen-bond acceptors (Lipinski definition) is 3. The Bertz CT molecular complexity index is 660. The van der Waals surface area contributed by atoms with Gasteiger partial charge in [-0.1, -0.05) is 12.1 Å². The summed E-state index contributed by atoms with van der Waals surface area (Å²) in [5.74, 6) is 0.119. The first kappa shape index (κ1) is 13.8. The Morgan fingerprint density at radius 1 is 1.32 bits per heavy atom. The summed E-state index contributed by atoms with van der Waals surface area (Å²) in [5.41, 5.74) is -4.17. The van der Waals surface area contributed by atoms with Crippen LogP contribution in [0.4, 0.5) is 13.2 Å². The zero-order chi connectivity index (χ0) is 14.3. The van der Waals surface area contributed by atoms with E-state index in [0.29, 0.717) is 11.0 Å². The smallest absolute Gasteiger partial charge is 0.341 e. The van der Waals surface area contributed by atoms with Crippen LogP contribution in [0.25, 0.3) is 11.0 Å². The highest BCUT2D eigenvalue weighted by atomic mass is 32.2. The number of alkyl halides is 3. The van der Waals surface area contributed by atoms with Crippen molar-refractivity contribution < 1.29 is 21.6 Å². The van der Waals surface area contributed by atoms with E-state index in [1.807, 2.05) is 0 Å². The lowest BCUT2D eigenvalue weighted by molar-refractivity contribution is -0.0450. The highest BCUT2D eigenvalue weighted by Gasteiger charge is 2.46. The number of hydrogen-bond donors (Lipinski definition) is 2. The quantitative estimate of drug-likeness (QED) is 0.909. The number of aromatic amines is 1. The number of H-pyrrole nitrogens is 1. The lowest BCUT2D eigenvalue weighted by Gasteiger charge is -2.13. The van der Waals surface area contributed by atoms with E-state index in [4.69, 9.17) is 0 Å². The van der Waals surface area contributed by atoms with Crippen molar-refractivity contribution in [3.8, 4) is 0 Å². The fraction of sp³-hybridized carbons (Fsp3) is 0.300. The van der Waals surface area contributed by atoms with E-state index in [1.54, 1.807) is 24.3 Å². The van der Waals surface area contributed by atoms with E-state index >= 15 is 0 Å². The molecule has 0 saturated carbocycles. The number of nitrogens with one attached hydrogen (secondary N) is 2. The van der Waals surface area contributed by atoms with Crippen LogP contribution in [0.15, 0.2) is 24.3 Å². The van der Waals surface area contributed by atoms with Crippen LogP contribution < -0.4 is 4.72 Å². The van der Waals surface area contributed by atoms with Crippen LogP contribution in [0.5, 0.6) is 0 Å². The number of para-hydroxylation sites is 2. The second-order valence-corrected chi connectivity index (χ2v) is 5.63. The van der Waals surface area contributed by atoms with E-state index in [2.05, 4.69) is 9.97 Å². The lowest BCUT2D eigenvalue weighted by Crippen LogP contribution is -2.38. The Morgan fingerprint density at radius 2 is 1.95 bits per heavy atom. The second kappa shape index (κ2) is 4.49. The maximum Gasteiger partial charge on any atom is 0.511 e. The summed E-state index contributed by atoms with van der Waals surface area (Å²) in [5, 5.41) is 0. The monoisotopic (exact) mass is 293 g/mol. The number of halogens is 3. The molecule has 2 N–H and O–H groups in total. The van der Waals surface area contributed by atoms with Gasteiger partial charge in [0.05, 0.1) is 17.1 Å². The Balaban J connectivity index is 2.28. The van der Waals surface area contributed by atoms with Crippen molar-refractivity contribution in [3.05, 3.63) is 30.1 Å². The van der Waals surface area contributed by atoms with Crippen LogP contribution in [0.2, 0.25) is 0 Å². The van der Waals surface area contributed by atoms with Gasteiger partial charge in [-0.2, -0.15) is 17.9 Å². The SMILES string of the molecule is CC(NS(=O)(=O)C(F)(F)F)c1nc2ccccc2[nH]1. The number of benzene rings is 1. The van der Waals surface area contributed by atoms with Crippen molar-refractivity contribution >= 4 is 21.1 Å². The standard InChI is InChI=1S/C10H10F3N3O2S/c1-6(16-19(17,18)10(11,12)13)9-14-7-4-2-3-5-8(7)15-9/h2-6,16H,1H3,(H,14,15). The number of fused-ring (bicyclic) bond motifs is 1. The highest BCUT2D eigenvalue weighted by Crippen LogP contribution is 2.24. The summed E-state index contributed by atoms with van der Waals surface area (Å²) >= 11 is 0. The maximum absolute atomic E-state index is 12.2. The number of imidazole rings is 1. The van der Waals surface area contributed by atoms with Crippen molar-refractivity contribution in [1.82, 2.24) is 14.7 Å². The Morgan fingerprint density at radius 3 is 2.53 bits per heavy atom. The van der Waals surface area contributed by atoms with Crippen LogP contribution in [-0.2, 0) is 10.0 Å². The van der Waals surface area contributed by atoms with Crippen LogP contribution in [0.3, 0.4) is 0 Å². The van der Waals surface area contributed by atoms with Crippen molar-refractivity contribution in [2.45, 2.75) is 18.5 Å². The van der Waals surface area contributed by atoms with Crippen molar-refractivity contribution in [1.29, 1.82) is 0 Å². The van der Waals surface area contributed by atoms with Gasteiger partial charge in [0, 0.05) is 0 Å². The summed E-state index contributed by atoms with van der Waals surface area (Å²) in [6.07, 6.45) is 0. The number of rotatable bonds is 3. The molecule has 9 heteroatoms. The van der Waals surface area contributed by atoms with E-state index in [0.717, 1.165) is 0 Å². The first-order valence-corrected chi connectivity index (χ1v) is 6.72. The summed E-state index contributed by atoms with van der Waals surface area (Å²) in [6.45, 7) is 1.28. The summed E-state index contributed by atoms with van der Waals surface area (Å²) in [4.78, 5) is 6.79. The third-order valence-corrected chi connectivity index (χ3v) is 3.73. The van der Waals surface area contributed by atoms with Gasteiger partial charge in [-0.3, -0.25) is 0 Å². The minimum atomic E-state index is -5.39. The largest absolute Gasteiger partial charge is 0.511 e. The van der Waals surface area contributed by atoms with Crippen LogP contribution in [0.1, 0.15) is 18.8 Å². The molecule has 0 aliphatic carbocycles. The van der Waals surface area contributed by atoms with Crippen LogP contribution in [-0.4, -0.2) is 23.9 Å². The average molecular weight is 293 g/mol. The molecule has 0 amide bonds. The van der Waals surface area contributed by atoms with Crippen LogP contribution >= 0.6 is 0 Å². The summed E-state index contributed by atoms with van der Waals surface area (Å²) in [6, 6.07) is 5.70. The highest BCUT2D eigenvalue weighted by molar-refractivity contribution is 7.90. The van der Waals surface area contributed by atoms with E-state index in [1.165, 1.54) is 11.6 Å². The number of nitrogens with zero attached hydrogens (tertiary/aromatic N) is 1. The third-order valence-electron chi connectivity index (χ3n) is 2.45. The predicted octanol–water partition coefficient (Wildman–Crippen LogP) is 2.06. The van der Waals surface area contributed by atoms with Gasteiger partial charge in [0.2, 0.25) is 0 Å². The second-order valence-electron chi connectivity index (χ2n) is 3.93. The first-order chi connectivity index (χ1) is 8.71. The van der Waals surface area contributed by atoms with E-state index in [-0.39, 0.29) is 5.82 Å². The molecule has 2 rings (SSSR count). The molecule has 1 aromatic carbocycles. The lowest BCUT2D eigenvalue weighted by atomic mass is 10.3. The Kier molecular flexibility index (Phi) is 3.27. The molecule has 0 radical (unpaired) electrons. The molecule has 104 valence electrons. The van der Waals surface area contributed by atoms with Crippen molar-refractivity contribution in [2.75, 3.05) is 0 Å². The topological polar surface area (TPSA) is 74.8 Å². The molecule has 1 aromatic heterocycles. The fourth-order valence-electron chi connectivity index (χ4n) is 1.53. The average Bonchev–Trinajstić information content (AvgIpc) is 2.70. The molecule has 0 saturated heterocycles. The van der Waals surface area contributed by atoms with Crippen molar-refractivity contribution in [3.63, 3.8) is 0 Å². The molecule has 2 aromatic rings. The van der Waals surface area contributed by atoms with Gasteiger partial charge < -0.3 is 4.98 Å². The molecule has 1 atom stereocenters. The number of aromatic nitrogens is 2. The zero-order valence-electron chi connectivity index (χ0n) is 9.69. The fourth-order valence-corrected chi connectivity index (χ4v) is 2.24. The van der Waals surface area contributed by atoms with E-state index in [9.17, 15) is 21.6 Å². The maximum atomic E-state index is 12.2. The van der Waals surface area contributed by atoms with Gasteiger partial charge in [0.25, 0.3) is 0 Å². The molecular formula is C10H10F3N3O2S. The zero-order valence-corrected chi connectivity index (χ0v) is 10.5. The van der Waals surface area contributed by atoms with Gasteiger partial charge in [0.1, 0.15) is 5.82 Å². The van der Waals surface area contributed by atoms with Crippen LogP contribution in [0, 0.1) is 0 Å². The summed E-state index contributed by atoms with van der Waals surface area (Å²) in [7, 11) is -5.39. The molecule has 0 aliphatic heterocycles. The van der Waals surface area contributed by atoms with Gasteiger partial charge in [-0.25, -0.2) is 13.4 Å². The molecule has 0 bridgehead atoms. The van der Waals surface area contributed by atoms with Gasteiger partial charge in [-0.15, -0.1) is 0 Å². The van der Waals surface area contributed by atoms with Crippen molar-refractivity contribution in [2.24, 2.45) is 0 Å². The summed E-state index contributed by atoms with van der Waals surface area (Å²) < 4.78 is 60.2. The van der Waals surface area contributed by atoms with Gasteiger partial charge >= 0.3 is 15.5 Å². The molecule has 0 spiro atoms. The molecule has 1 unspecified atom stereocenters. The minimum absolute atomic E-state index is 0.119. The van der Waals surface area contributed by atoms with E-state index < -0.39 is 21.6 Å². The third kappa shape index (κ3) is 2.71. The molecule has 0 aliphatic rings. The number of sulfonamides is 1. The molecule has 19 heavy (non-hydrogen) atoms. The normalized spacial score (nSPS) is 14.7.